The zero-order valence-electron chi connectivity index (χ0n) is 14.3. The molecule has 0 aromatic heterocycles. The van der Waals surface area contributed by atoms with Crippen molar-refractivity contribution in [1.82, 2.24) is 15.1 Å². The minimum absolute atomic E-state index is 0.0472. The number of carbonyl (C=O) groups is 2. The molecule has 3 amide bonds. The van der Waals surface area contributed by atoms with Crippen molar-refractivity contribution in [2.45, 2.75) is 45.1 Å². The molecule has 1 aliphatic rings. The van der Waals surface area contributed by atoms with Gasteiger partial charge >= 0.3 is 12.1 Å². The molecule has 1 rings (SSSR count). The average molecular weight is 335 g/mol. The summed E-state index contributed by atoms with van der Waals surface area (Å²) in [7, 11) is 3.22. The van der Waals surface area contributed by atoms with Gasteiger partial charge in [-0.2, -0.15) is 0 Å². The van der Waals surface area contributed by atoms with Gasteiger partial charge in [0.15, 0.2) is 0 Å². The molecule has 0 aromatic carbocycles. The van der Waals surface area contributed by atoms with Crippen molar-refractivity contribution in [2.24, 2.45) is 5.92 Å². The molecule has 0 bridgehead atoms. The molecule has 1 heterocycles. The van der Waals surface area contributed by atoms with Gasteiger partial charge in [0, 0.05) is 52.5 Å². The Labute approximate surface area is 136 Å². The van der Waals surface area contributed by atoms with E-state index in [0.717, 1.165) is 6.92 Å². The average Bonchev–Trinajstić information content (AvgIpc) is 2.46. The van der Waals surface area contributed by atoms with Gasteiger partial charge in [-0.05, 0) is 13.3 Å². The van der Waals surface area contributed by atoms with E-state index in [9.17, 15) is 18.4 Å². The number of alkyl halides is 2. The van der Waals surface area contributed by atoms with Crippen LogP contribution in [-0.4, -0.2) is 67.7 Å². The van der Waals surface area contributed by atoms with Crippen LogP contribution in [0.15, 0.2) is 0 Å². The van der Waals surface area contributed by atoms with E-state index in [1.165, 1.54) is 4.90 Å². The van der Waals surface area contributed by atoms with Gasteiger partial charge in [-0.3, -0.25) is 0 Å². The Morgan fingerprint density at radius 2 is 1.91 bits per heavy atom. The lowest BCUT2D eigenvalue weighted by Gasteiger charge is -2.32. The van der Waals surface area contributed by atoms with Crippen LogP contribution in [0.1, 0.15) is 33.1 Å². The van der Waals surface area contributed by atoms with Crippen molar-refractivity contribution in [3.05, 3.63) is 0 Å². The largest absolute Gasteiger partial charge is 0.446 e. The van der Waals surface area contributed by atoms with Crippen molar-refractivity contribution < 1.29 is 23.1 Å². The number of halogens is 2. The first kappa shape index (κ1) is 19.4. The number of carbonyl (C=O) groups excluding carboxylic acids is 2. The van der Waals surface area contributed by atoms with Crippen LogP contribution in [0.2, 0.25) is 0 Å². The van der Waals surface area contributed by atoms with Crippen LogP contribution < -0.4 is 5.32 Å². The van der Waals surface area contributed by atoms with Gasteiger partial charge in [-0.15, -0.1) is 0 Å². The Hall–Kier alpha value is -1.60. The van der Waals surface area contributed by atoms with E-state index in [1.807, 2.05) is 0 Å². The molecule has 134 valence electrons. The second-order valence-electron chi connectivity index (χ2n) is 6.21. The highest BCUT2D eigenvalue weighted by Gasteiger charge is 2.33. The fourth-order valence-corrected chi connectivity index (χ4v) is 2.43. The van der Waals surface area contributed by atoms with Crippen LogP contribution in [0.4, 0.5) is 18.4 Å². The van der Waals surface area contributed by atoms with Crippen LogP contribution in [-0.2, 0) is 4.74 Å². The summed E-state index contributed by atoms with van der Waals surface area (Å²) in [5, 5.41) is 2.57. The van der Waals surface area contributed by atoms with Crippen molar-refractivity contribution in [3.63, 3.8) is 0 Å². The Balaban J connectivity index is 2.36. The first-order valence-corrected chi connectivity index (χ1v) is 7.93. The molecule has 1 fully saturated rings. The standard InChI is InChI=1S/C15H27F2N3O3/c1-5-11(15(2,16)17)10-18-13(21)20-8-6-12(7-9-20)23-14(22)19(3)4/h11-12H,5-10H2,1-4H3,(H,18,21). The number of ether oxygens (including phenoxy) is 1. The van der Waals surface area contributed by atoms with E-state index < -0.39 is 17.9 Å². The van der Waals surface area contributed by atoms with Gasteiger partial charge < -0.3 is 19.9 Å². The topological polar surface area (TPSA) is 61.9 Å². The maximum absolute atomic E-state index is 13.3. The number of hydrogen-bond acceptors (Lipinski definition) is 3. The molecule has 0 saturated carbocycles. The predicted octanol–water partition coefficient (Wildman–Crippen LogP) is 2.54. The fourth-order valence-electron chi connectivity index (χ4n) is 2.43. The first-order chi connectivity index (χ1) is 10.6. The van der Waals surface area contributed by atoms with E-state index in [-0.39, 0.29) is 18.7 Å². The second-order valence-corrected chi connectivity index (χ2v) is 6.21. The maximum Gasteiger partial charge on any atom is 0.409 e. The molecule has 1 saturated heterocycles. The molecule has 0 aliphatic carbocycles. The number of urea groups is 1. The maximum atomic E-state index is 13.3. The zero-order valence-corrected chi connectivity index (χ0v) is 14.3. The van der Waals surface area contributed by atoms with Crippen LogP contribution in [0.5, 0.6) is 0 Å². The Kier molecular flexibility index (Phi) is 7.02. The smallest absolute Gasteiger partial charge is 0.409 e. The van der Waals surface area contributed by atoms with E-state index in [1.54, 1.807) is 25.9 Å². The van der Waals surface area contributed by atoms with Crippen molar-refractivity contribution in [1.29, 1.82) is 0 Å². The molecule has 1 atom stereocenters. The van der Waals surface area contributed by atoms with Gasteiger partial charge in [0.25, 0.3) is 0 Å². The van der Waals surface area contributed by atoms with Crippen LogP contribution >= 0.6 is 0 Å². The summed E-state index contributed by atoms with van der Waals surface area (Å²) in [5.41, 5.74) is 0. The summed E-state index contributed by atoms with van der Waals surface area (Å²) in [6.07, 6.45) is 0.787. The number of hydrogen-bond donors (Lipinski definition) is 1. The lowest BCUT2D eigenvalue weighted by atomic mass is 10.00. The van der Waals surface area contributed by atoms with E-state index in [4.69, 9.17) is 4.74 Å². The molecule has 6 nitrogen and oxygen atoms in total. The van der Waals surface area contributed by atoms with E-state index in [0.29, 0.717) is 32.4 Å². The number of rotatable bonds is 5. The number of nitrogens with zero attached hydrogens (tertiary/aromatic N) is 2. The molecule has 1 aliphatic heterocycles. The number of amides is 3. The molecule has 0 radical (unpaired) electrons. The van der Waals surface area contributed by atoms with Gasteiger partial charge in [-0.25, -0.2) is 18.4 Å². The highest BCUT2D eigenvalue weighted by molar-refractivity contribution is 5.74. The SMILES string of the molecule is CCC(CNC(=O)N1CCC(OC(=O)N(C)C)CC1)C(C)(F)F. The summed E-state index contributed by atoms with van der Waals surface area (Å²) < 4.78 is 31.9. The molecule has 1 unspecified atom stereocenters. The highest BCUT2D eigenvalue weighted by atomic mass is 19.3. The number of likely N-dealkylation sites (tertiary alicyclic amines) is 1. The summed E-state index contributed by atoms with van der Waals surface area (Å²) in [5.74, 6) is -3.68. The molecule has 1 N–H and O–H groups in total. The lowest BCUT2D eigenvalue weighted by molar-refractivity contribution is -0.0395. The highest BCUT2D eigenvalue weighted by Crippen LogP contribution is 2.25. The molecule has 0 spiro atoms. The van der Waals surface area contributed by atoms with Crippen LogP contribution in [0.3, 0.4) is 0 Å². The van der Waals surface area contributed by atoms with Gasteiger partial charge in [-0.1, -0.05) is 6.92 Å². The normalized spacial score (nSPS) is 17.6. The van der Waals surface area contributed by atoms with Crippen molar-refractivity contribution >= 4 is 12.1 Å². The minimum Gasteiger partial charge on any atom is -0.446 e. The van der Waals surface area contributed by atoms with E-state index >= 15 is 0 Å². The molecule has 8 heteroatoms. The number of nitrogens with one attached hydrogen (secondary N) is 1. The third-order valence-corrected chi connectivity index (χ3v) is 4.07. The third kappa shape index (κ3) is 6.19. The molecule has 0 aromatic rings. The Morgan fingerprint density at radius 3 is 2.35 bits per heavy atom. The summed E-state index contributed by atoms with van der Waals surface area (Å²) in [6, 6.07) is -0.343. The van der Waals surface area contributed by atoms with Crippen LogP contribution in [0.25, 0.3) is 0 Å². The molecule has 23 heavy (non-hydrogen) atoms. The zero-order chi connectivity index (χ0) is 17.6. The Bertz CT molecular complexity index is 405. The lowest BCUT2D eigenvalue weighted by Crippen LogP contribution is -2.48. The van der Waals surface area contributed by atoms with Gasteiger partial charge in [0.1, 0.15) is 6.10 Å². The fraction of sp³-hybridized carbons (Fsp3) is 0.867. The Morgan fingerprint density at radius 1 is 1.35 bits per heavy atom. The predicted molar refractivity (Wildman–Crippen MR) is 82.6 cm³/mol. The second kappa shape index (κ2) is 8.31. The number of piperidine rings is 1. The summed E-state index contributed by atoms with van der Waals surface area (Å²) in [6.45, 7) is 3.39. The van der Waals surface area contributed by atoms with Gasteiger partial charge in [0.2, 0.25) is 5.92 Å². The van der Waals surface area contributed by atoms with Crippen molar-refractivity contribution in [3.8, 4) is 0 Å². The molecular formula is C15H27F2N3O3. The van der Waals surface area contributed by atoms with Crippen molar-refractivity contribution in [2.75, 3.05) is 33.7 Å². The van der Waals surface area contributed by atoms with Gasteiger partial charge in [0.05, 0.1) is 0 Å². The molecular weight excluding hydrogens is 308 g/mol. The monoisotopic (exact) mass is 335 g/mol. The quantitative estimate of drug-likeness (QED) is 0.840. The summed E-state index contributed by atoms with van der Waals surface area (Å²) in [4.78, 5) is 26.4. The van der Waals surface area contributed by atoms with E-state index in [2.05, 4.69) is 5.32 Å². The first-order valence-electron chi connectivity index (χ1n) is 7.93. The third-order valence-electron chi connectivity index (χ3n) is 4.07. The van der Waals surface area contributed by atoms with Crippen LogP contribution in [0, 0.1) is 5.92 Å². The summed E-state index contributed by atoms with van der Waals surface area (Å²) >= 11 is 0. The minimum atomic E-state index is -2.81.